The summed E-state index contributed by atoms with van der Waals surface area (Å²) in [6.45, 7) is 4.55. The molecule has 0 saturated heterocycles. The Bertz CT molecular complexity index is 1490. The number of nitrogens with zero attached hydrogens (tertiary/aromatic N) is 4. The maximum atomic E-state index is 9.17. The summed E-state index contributed by atoms with van der Waals surface area (Å²) in [7, 11) is 0. The van der Waals surface area contributed by atoms with Gasteiger partial charge in [0.25, 0.3) is 0 Å². The highest BCUT2D eigenvalue weighted by molar-refractivity contribution is 7.00. The third kappa shape index (κ3) is 3.33. The van der Waals surface area contributed by atoms with E-state index in [0.29, 0.717) is 0 Å². The summed E-state index contributed by atoms with van der Waals surface area (Å²) < 4.78 is 9.08. The molecule has 5 heteroatoms. The zero-order valence-corrected chi connectivity index (χ0v) is 20.1. The predicted octanol–water partition coefficient (Wildman–Crippen LogP) is 7.66. The molecule has 1 aromatic heterocycles. The Hall–Kier alpha value is -3.80. The van der Waals surface area contributed by atoms with Crippen LogP contribution < -0.4 is 0 Å². The van der Waals surface area contributed by atoms with Gasteiger partial charge >= 0.3 is 0 Å². The van der Waals surface area contributed by atoms with Gasteiger partial charge in [-0.05, 0) is 52.8 Å². The lowest BCUT2D eigenvalue weighted by Gasteiger charge is -2.32. The van der Waals surface area contributed by atoms with Gasteiger partial charge in [-0.3, -0.25) is 0 Å². The lowest BCUT2D eigenvalue weighted by molar-refractivity contribution is 0.436. The number of rotatable bonds is 6. The molecule has 0 aliphatic heterocycles. The number of aromatic nitrogens is 2. The first-order chi connectivity index (χ1) is 16.7. The molecule has 4 aromatic rings. The van der Waals surface area contributed by atoms with Crippen molar-refractivity contribution >= 4 is 28.8 Å². The first-order valence-corrected chi connectivity index (χ1v) is 12.4. The van der Waals surface area contributed by atoms with Gasteiger partial charge in [0, 0.05) is 16.5 Å². The van der Waals surface area contributed by atoms with Crippen LogP contribution in [0.4, 0.5) is 0 Å². The van der Waals surface area contributed by atoms with Crippen molar-refractivity contribution < 1.29 is 0 Å². The van der Waals surface area contributed by atoms with Crippen LogP contribution in [0.25, 0.3) is 39.4 Å². The summed E-state index contributed by atoms with van der Waals surface area (Å²) in [5, 5.41) is 18.3. The van der Waals surface area contributed by atoms with Gasteiger partial charge in [-0.25, -0.2) is 0 Å². The molecule has 3 aromatic carbocycles. The third-order valence-corrected chi connectivity index (χ3v) is 7.45. The van der Waals surface area contributed by atoms with Gasteiger partial charge in [-0.2, -0.15) is 19.3 Å². The Balaban J connectivity index is 1.71. The van der Waals surface area contributed by atoms with Crippen LogP contribution in [0.2, 0.25) is 0 Å². The number of hydrogen-bond donors (Lipinski definition) is 0. The van der Waals surface area contributed by atoms with E-state index in [1.54, 1.807) is 6.08 Å². The van der Waals surface area contributed by atoms with Crippen LogP contribution in [0.5, 0.6) is 0 Å². The van der Waals surface area contributed by atoms with E-state index in [1.807, 2.05) is 24.3 Å². The van der Waals surface area contributed by atoms with Gasteiger partial charge in [0.05, 0.1) is 11.7 Å². The van der Waals surface area contributed by atoms with E-state index in [4.69, 9.17) is 10.5 Å². The molecule has 0 unspecified atom stereocenters. The van der Waals surface area contributed by atoms with Crippen LogP contribution in [-0.2, 0) is 5.41 Å². The van der Waals surface area contributed by atoms with E-state index in [0.717, 1.165) is 65.1 Å². The molecule has 166 valence electrons. The molecule has 0 saturated carbocycles. The highest BCUT2D eigenvalue weighted by atomic mass is 32.1. The number of hydrogen-bond acceptors (Lipinski definition) is 5. The summed E-state index contributed by atoms with van der Waals surface area (Å²) in [6, 6.07) is 23.5. The van der Waals surface area contributed by atoms with Crippen LogP contribution in [0.1, 0.15) is 56.2 Å². The number of benzene rings is 3. The third-order valence-electron chi connectivity index (χ3n) is 6.92. The summed E-state index contributed by atoms with van der Waals surface area (Å²) >= 11 is 1.15. The van der Waals surface area contributed by atoms with E-state index in [-0.39, 0.29) is 11.0 Å². The smallest absolute Gasteiger partial charge is 0.130 e. The van der Waals surface area contributed by atoms with Crippen molar-refractivity contribution in [1.82, 2.24) is 8.75 Å². The van der Waals surface area contributed by atoms with E-state index < -0.39 is 0 Å². The van der Waals surface area contributed by atoms with Crippen molar-refractivity contribution in [3.8, 4) is 34.4 Å². The molecule has 0 amide bonds. The Morgan fingerprint density at radius 3 is 2.26 bits per heavy atom. The number of allylic oxidation sites excluding steroid dienone is 1. The second kappa shape index (κ2) is 8.86. The fourth-order valence-corrected chi connectivity index (χ4v) is 6.20. The monoisotopic (exact) mass is 460 g/mol. The number of nitriles is 2. The van der Waals surface area contributed by atoms with Crippen LogP contribution in [0.3, 0.4) is 0 Å². The van der Waals surface area contributed by atoms with Gasteiger partial charge in [0.15, 0.2) is 0 Å². The molecule has 0 fully saturated rings. The molecule has 1 heterocycles. The zero-order chi connectivity index (χ0) is 23.7. The Morgan fingerprint density at radius 1 is 0.853 bits per heavy atom. The van der Waals surface area contributed by atoms with E-state index in [1.165, 1.54) is 22.3 Å². The molecule has 1 aliphatic rings. The van der Waals surface area contributed by atoms with Crippen molar-refractivity contribution in [2.75, 3.05) is 0 Å². The lowest BCUT2D eigenvalue weighted by Crippen LogP contribution is -2.25. The molecule has 0 radical (unpaired) electrons. The molecule has 0 N–H and O–H groups in total. The summed E-state index contributed by atoms with van der Waals surface area (Å²) in [6.07, 6.45) is 6.08. The normalized spacial score (nSPS) is 13.1. The van der Waals surface area contributed by atoms with Gasteiger partial charge < -0.3 is 0 Å². The van der Waals surface area contributed by atoms with Crippen molar-refractivity contribution in [2.45, 2.75) is 44.9 Å². The molecule has 1 aliphatic carbocycles. The molecule has 4 nitrogen and oxygen atoms in total. The first-order valence-electron chi connectivity index (χ1n) is 11.7. The van der Waals surface area contributed by atoms with Crippen LogP contribution in [-0.4, -0.2) is 8.75 Å². The average Bonchev–Trinajstić information content (AvgIpc) is 3.46. The molecular formula is C29H24N4S. The fourth-order valence-electron chi connectivity index (χ4n) is 5.62. The molecule has 34 heavy (non-hydrogen) atoms. The van der Waals surface area contributed by atoms with Gasteiger partial charge in [0.1, 0.15) is 28.7 Å². The van der Waals surface area contributed by atoms with Gasteiger partial charge in [0.2, 0.25) is 0 Å². The second-order valence-electron chi connectivity index (χ2n) is 8.83. The minimum atomic E-state index is 0.0298. The largest absolute Gasteiger partial charge is 0.192 e. The first kappa shape index (κ1) is 22.0. The topological polar surface area (TPSA) is 73.4 Å². The average molecular weight is 461 g/mol. The van der Waals surface area contributed by atoms with E-state index in [9.17, 15) is 0 Å². The van der Waals surface area contributed by atoms with Crippen molar-refractivity contribution in [3.63, 3.8) is 0 Å². The van der Waals surface area contributed by atoms with E-state index in [2.05, 4.69) is 65.1 Å². The van der Waals surface area contributed by atoms with Crippen LogP contribution in [0.15, 0.2) is 60.2 Å². The van der Waals surface area contributed by atoms with Crippen LogP contribution >= 0.6 is 11.7 Å². The minimum absolute atomic E-state index is 0.0298. The SMILES string of the molecule is CCCC1(CCC)c2ccccc2-c2ccc(-c3ccc(C=C(C#N)C#N)c4nsnc34)cc21. The quantitative estimate of drug-likeness (QED) is 0.277. The second-order valence-corrected chi connectivity index (χ2v) is 9.36. The highest BCUT2D eigenvalue weighted by Crippen LogP contribution is 2.54. The highest BCUT2D eigenvalue weighted by Gasteiger charge is 2.41. The Morgan fingerprint density at radius 2 is 1.53 bits per heavy atom. The summed E-state index contributed by atoms with van der Waals surface area (Å²) in [5.74, 6) is 0. The van der Waals surface area contributed by atoms with E-state index >= 15 is 0 Å². The molecule has 5 rings (SSSR count). The van der Waals surface area contributed by atoms with Gasteiger partial charge in [-0.15, -0.1) is 0 Å². The Kier molecular flexibility index (Phi) is 5.74. The fraction of sp³-hybridized carbons (Fsp3) is 0.241. The molecule has 0 atom stereocenters. The maximum Gasteiger partial charge on any atom is 0.130 e. The van der Waals surface area contributed by atoms with Gasteiger partial charge in [-0.1, -0.05) is 75.2 Å². The predicted molar refractivity (Wildman–Crippen MR) is 138 cm³/mol. The standard InChI is InChI=1S/C29H24N4S/c1-3-13-29(14-4-2)25-8-6-5-7-23(25)24-12-9-20(16-26(24)29)22-11-10-21(15-19(17-30)18-31)27-28(22)33-34-32-27/h5-12,15-16H,3-4,13-14H2,1-2H3. The maximum absolute atomic E-state index is 9.17. The Labute approximate surface area is 204 Å². The van der Waals surface area contributed by atoms with Crippen molar-refractivity contribution in [3.05, 3.63) is 76.9 Å². The van der Waals surface area contributed by atoms with Crippen LogP contribution in [0, 0.1) is 22.7 Å². The van der Waals surface area contributed by atoms with Crippen molar-refractivity contribution in [2.24, 2.45) is 0 Å². The van der Waals surface area contributed by atoms with Crippen molar-refractivity contribution in [1.29, 1.82) is 10.5 Å². The number of fused-ring (bicyclic) bond motifs is 4. The lowest BCUT2D eigenvalue weighted by atomic mass is 9.71. The molecular weight excluding hydrogens is 436 g/mol. The minimum Gasteiger partial charge on any atom is -0.192 e. The zero-order valence-electron chi connectivity index (χ0n) is 19.3. The molecule has 0 bridgehead atoms. The summed E-state index contributed by atoms with van der Waals surface area (Å²) in [4.78, 5) is 0. The molecule has 0 spiro atoms. The summed E-state index contributed by atoms with van der Waals surface area (Å²) in [5.41, 5.74) is 10.1.